The lowest BCUT2D eigenvalue weighted by atomic mass is 10.0. The van der Waals surface area contributed by atoms with Crippen molar-refractivity contribution >= 4 is 15.7 Å². The predicted molar refractivity (Wildman–Crippen MR) is 103 cm³/mol. The fourth-order valence-electron chi connectivity index (χ4n) is 4.37. The Hall–Kier alpha value is -2.50. The Labute approximate surface area is 180 Å². The van der Waals surface area contributed by atoms with Gasteiger partial charge in [0.15, 0.2) is 9.84 Å². The maximum Gasteiger partial charge on any atom is 0.417 e. The van der Waals surface area contributed by atoms with Crippen LogP contribution in [0.5, 0.6) is 0 Å². The van der Waals surface area contributed by atoms with Gasteiger partial charge in [-0.1, -0.05) is 6.07 Å². The first-order valence-electron chi connectivity index (χ1n) is 9.90. The van der Waals surface area contributed by atoms with E-state index in [4.69, 9.17) is 0 Å². The molecule has 1 amide bonds. The standard InChI is InChI=1S/C20H20F5N3O3S/c1-27-16(6-7-26-27)12-3-5-17(15(9-12)20(23,24)25)32(30,31)14-4-2-13(8-14)18(29)28-10-19(21,22)11-28/h3,5-7,9,13-14H,2,4,8,10-11H2,1H3/t13-,14-/m1/s1. The molecular weight excluding hydrogens is 457 g/mol. The first-order chi connectivity index (χ1) is 14.8. The number of carbonyl (C=O) groups excluding carboxylic acids is 1. The molecule has 1 aliphatic carbocycles. The molecule has 4 rings (SSSR count). The van der Waals surface area contributed by atoms with E-state index in [0.29, 0.717) is 5.69 Å². The molecule has 2 heterocycles. The summed E-state index contributed by atoms with van der Waals surface area (Å²) in [6, 6.07) is 4.52. The fourth-order valence-corrected chi connectivity index (χ4v) is 6.40. The lowest BCUT2D eigenvalue weighted by Crippen LogP contribution is -2.59. The van der Waals surface area contributed by atoms with Gasteiger partial charge in [0, 0.05) is 24.7 Å². The molecular formula is C20H20F5N3O3S. The molecule has 2 fully saturated rings. The zero-order chi connectivity index (χ0) is 23.5. The van der Waals surface area contributed by atoms with Crippen molar-refractivity contribution in [3.8, 4) is 11.3 Å². The molecule has 1 saturated carbocycles. The average Bonchev–Trinajstić information content (AvgIpc) is 3.34. The summed E-state index contributed by atoms with van der Waals surface area (Å²) in [6.07, 6.45) is -3.59. The van der Waals surface area contributed by atoms with Gasteiger partial charge in [0.05, 0.1) is 34.5 Å². The Bertz CT molecular complexity index is 1150. The number of nitrogens with zero attached hydrogens (tertiary/aromatic N) is 3. The van der Waals surface area contributed by atoms with Crippen LogP contribution in [0.25, 0.3) is 11.3 Å². The fraction of sp³-hybridized carbons (Fsp3) is 0.500. The Balaban J connectivity index is 1.61. The van der Waals surface area contributed by atoms with Crippen molar-refractivity contribution in [2.75, 3.05) is 13.1 Å². The van der Waals surface area contributed by atoms with Crippen LogP contribution in [0.2, 0.25) is 0 Å². The molecule has 1 saturated heterocycles. The van der Waals surface area contributed by atoms with Crippen LogP contribution in [0, 0.1) is 5.92 Å². The van der Waals surface area contributed by atoms with E-state index in [1.54, 1.807) is 7.05 Å². The Morgan fingerprint density at radius 2 is 1.84 bits per heavy atom. The number of halogens is 5. The number of benzene rings is 1. The lowest BCUT2D eigenvalue weighted by Gasteiger charge is -2.40. The maximum atomic E-state index is 13.8. The average molecular weight is 477 g/mol. The summed E-state index contributed by atoms with van der Waals surface area (Å²) in [7, 11) is -2.86. The third-order valence-corrected chi connectivity index (χ3v) is 8.31. The molecule has 1 aromatic heterocycles. The molecule has 0 spiro atoms. The number of rotatable bonds is 4. The van der Waals surface area contributed by atoms with E-state index >= 15 is 0 Å². The number of sulfone groups is 1. The highest BCUT2D eigenvalue weighted by atomic mass is 32.2. The Morgan fingerprint density at radius 1 is 1.16 bits per heavy atom. The molecule has 2 atom stereocenters. The number of hydrogen-bond acceptors (Lipinski definition) is 4. The van der Waals surface area contributed by atoms with E-state index in [9.17, 15) is 35.2 Å². The van der Waals surface area contributed by atoms with Gasteiger partial charge in [0.2, 0.25) is 5.91 Å². The maximum absolute atomic E-state index is 13.8. The van der Waals surface area contributed by atoms with Gasteiger partial charge >= 0.3 is 6.18 Å². The SMILES string of the molecule is Cn1nccc1-c1ccc(S(=O)(=O)[C@@H]2CC[C@@H](C(=O)N3CC(F)(F)C3)C2)c(C(F)(F)F)c1. The largest absolute Gasteiger partial charge is 0.417 e. The predicted octanol–water partition coefficient (Wildman–Crippen LogP) is 3.53. The molecule has 0 unspecified atom stereocenters. The number of hydrogen-bond donors (Lipinski definition) is 0. The molecule has 174 valence electrons. The quantitative estimate of drug-likeness (QED) is 0.632. The van der Waals surface area contributed by atoms with E-state index < -0.39 is 62.6 Å². The summed E-state index contributed by atoms with van der Waals surface area (Å²) < 4.78 is 95.1. The third-order valence-electron chi connectivity index (χ3n) is 6.04. The zero-order valence-corrected chi connectivity index (χ0v) is 17.8. The molecule has 32 heavy (non-hydrogen) atoms. The van der Waals surface area contributed by atoms with E-state index in [0.717, 1.165) is 17.0 Å². The van der Waals surface area contributed by atoms with Gasteiger partial charge in [-0.05, 0) is 37.5 Å². The lowest BCUT2D eigenvalue weighted by molar-refractivity contribution is -0.169. The number of likely N-dealkylation sites (tertiary alicyclic amines) is 1. The van der Waals surface area contributed by atoms with Gasteiger partial charge in [0.1, 0.15) is 0 Å². The van der Waals surface area contributed by atoms with Gasteiger partial charge in [-0.2, -0.15) is 18.3 Å². The minimum absolute atomic E-state index is 0.0102. The third kappa shape index (κ3) is 4.00. The summed E-state index contributed by atoms with van der Waals surface area (Å²) in [5.74, 6) is -4.32. The Morgan fingerprint density at radius 3 is 2.41 bits per heavy atom. The van der Waals surface area contributed by atoms with Gasteiger partial charge in [-0.15, -0.1) is 0 Å². The summed E-state index contributed by atoms with van der Waals surface area (Å²) in [6.45, 7) is -1.43. The monoisotopic (exact) mass is 477 g/mol. The topological polar surface area (TPSA) is 72.3 Å². The van der Waals surface area contributed by atoms with Crippen molar-refractivity contribution in [1.82, 2.24) is 14.7 Å². The van der Waals surface area contributed by atoms with Crippen molar-refractivity contribution in [2.45, 2.75) is 41.5 Å². The van der Waals surface area contributed by atoms with Crippen LogP contribution in [-0.2, 0) is 27.9 Å². The summed E-state index contributed by atoms with van der Waals surface area (Å²) in [4.78, 5) is 12.5. The molecule has 2 aromatic rings. The van der Waals surface area contributed by atoms with Crippen molar-refractivity contribution in [1.29, 1.82) is 0 Å². The van der Waals surface area contributed by atoms with Gasteiger partial charge in [-0.25, -0.2) is 17.2 Å². The van der Waals surface area contributed by atoms with Crippen LogP contribution in [-0.4, -0.2) is 53.3 Å². The molecule has 0 radical (unpaired) electrons. The number of alkyl halides is 5. The van der Waals surface area contributed by atoms with Crippen LogP contribution in [0.15, 0.2) is 35.4 Å². The second-order valence-corrected chi connectivity index (χ2v) is 10.5. The normalized spacial score (nSPS) is 23.2. The smallest absolute Gasteiger partial charge is 0.330 e. The van der Waals surface area contributed by atoms with E-state index in [1.165, 1.54) is 23.0 Å². The number of amides is 1. The van der Waals surface area contributed by atoms with Gasteiger partial charge < -0.3 is 4.90 Å². The number of aromatic nitrogens is 2. The summed E-state index contributed by atoms with van der Waals surface area (Å²) in [5.41, 5.74) is -0.736. The van der Waals surface area contributed by atoms with Crippen LogP contribution in [0.4, 0.5) is 22.0 Å². The van der Waals surface area contributed by atoms with Gasteiger partial charge in [0.25, 0.3) is 5.92 Å². The first kappa shape index (κ1) is 22.7. The zero-order valence-electron chi connectivity index (χ0n) is 16.9. The highest BCUT2D eigenvalue weighted by Gasteiger charge is 2.50. The van der Waals surface area contributed by atoms with E-state index in [2.05, 4.69) is 5.10 Å². The van der Waals surface area contributed by atoms with Crippen molar-refractivity contribution < 1.29 is 35.2 Å². The first-order valence-corrected chi connectivity index (χ1v) is 11.4. The molecule has 12 heteroatoms. The second kappa shape index (κ2) is 7.53. The molecule has 6 nitrogen and oxygen atoms in total. The van der Waals surface area contributed by atoms with Gasteiger partial charge in [-0.3, -0.25) is 9.48 Å². The molecule has 1 aromatic carbocycles. The van der Waals surface area contributed by atoms with Crippen molar-refractivity contribution in [2.24, 2.45) is 13.0 Å². The summed E-state index contributed by atoms with van der Waals surface area (Å²) >= 11 is 0. The van der Waals surface area contributed by atoms with Crippen LogP contribution in [0.3, 0.4) is 0 Å². The molecule has 1 aliphatic heterocycles. The highest BCUT2D eigenvalue weighted by Crippen LogP contribution is 2.42. The summed E-state index contributed by atoms with van der Waals surface area (Å²) in [5, 5.41) is 2.72. The second-order valence-electron chi connectivity index (χ2n) is 8.28. The van der Waals surface area contributed by atoms with E-state index in [-0.39, 0.29) is 24.8 Å². The van der Waals surface area contributed by atoms with Crippen molar-refractivity contribution in [3.63, 3.8) is 0 Å². The Kier molecular flexibility index (Phi) is 5.34. The van der Waals surface area contributed by atoms with E-state index in [1.807, 2.05) is 0 Å². The molecule has 0 N–H and O–H groups in total. The highest BCUT2D eigenvalue weighted by molar-refractivity contribution is 7.92. The minimum Gasteiger partial charge on any atom is -0.330 e. The van der Waals surface area contributed by atoms with Crippen molar-refractivity contribution in [3.05, 3.63) is 36.0 Å². The van der Waals surface area contributed by atoms with Crippen LogP contribution >= 0.6 is 0 Å². The van der Waals surface area contributed by atoms with Crippen LogP contribution < -0.4 is 0 Å². The number of aryl methyl sites for hydroxylation is 1. The molecule has 2 aliphatic rings. The number of carbonyl (C=O) groups is 1. The van der Waals surface area contributed by atoms with Crippen LogP contribution in [0.1, 0.15) is 24.8 Å². The molecule has 0 bridgehead atoms. The minimum atomic E-state index is -4.92.